The number of nitrogens with two attached hydrogens (primary N) is 1. The maximum atomic E-state index is 6.32. The van der Waals surface area contributed by atoms with Crippen LogP contribution in [0.2, 0.25) is 0 Å². The summed E-state index contributed by atoms with van der Waals surface area (Å²) in [6, 6.07) is 8.74. The Labute approximate surface area is 86.3 Å². The number of aryl methyl sites for hydroxylation is 1. The molecule has 1 nitrogen and oxygen atoms in total. The molecule has 1 fully saturated rings. The van der Waals surface area contributed by atoms with Crippen molar-refractivity contribution in [3.8, 4) is 0 Å². The van der Waals surface area contributed by atoms with E-state index in [9.17, 15) is 0 Å². The lowest BCUT2D eigenvalue weighted by Gasteiger charge is -2.16. The lowest BCUT2D eigenvalue weighted by Crippen LogP contribution is -2.30. The van der Waals surface area contributed by atoms with Gasteiger partial charge in [0.2, 0.25) is 0 Å². The van der Waals surface area contributed by atoms with Crippen LogP contribution in [-0.4, -0.2) is 5.54 Å². The van der Waals surface area contributed by atoms with Gasteiger partial charge in [0.05, 0.1) is 0 Å². The van der Waals surface area contributed by atoms with Gasteiger partial charge >= 0.3 is 0 Å². The fourth-order valence-electron chi connectivity index (χ4n) is 2.25. The number of rotatable bonds is 2. The highest BCUT2D eigenvalue weighted by Crippen LogP contribution is 2.53. The summed E-state index contributed by atoms with van der Waals surface area (Å²) < 4.78 is 0. The third-order valence-corrected chi connectivity index (χ3v) is 3.57. The summed E-state index contributed by atoms with van der Waals surface area (Å²) >= 11 is 0. The zero-order chi connectivity index (χ0) is 10.3. The number of benzene rings is 1. The average Bonchev–Trinajstić information content (AvgIpc) is 2.80. The van der Waals surface area contributed by atoms with E-state index in [1.54, 1.807) is 0 Å². The summed E-state index contributed by atoms with van der Waals surface area (Å²) in [5.74, 6) is 1.16. The molecule has 2 unspecified atom stereocenters. The quantitative estimate of drug-likeness (QED) is 0.760. The zero-order valence-corrected chi connectivity index (χ0v) is 9.25. The second-order valence-corrected chi connectivity index (χ2v) is 4.94. The van der Waals surface area contributed by atoms with E-state index in [0.717, 1.165) is 6.42 Å². The second-order valence-electron chi connectivity index (χ2n) is 4.94. The van der Waals surface area contributed by atoms with Crippen molar-refractivity contribution in [2.45, 2.75) is 38.6 Å². The van der Waals surface area contributed by atoms with Crippen molar-refractivity contribution in [2.75, 3.05) is 0 Å². The molecule has 2 rings (SSSR count). The topological polar surface area (TPSA) is 26.0 Å². The Kier molecular flexibility index (Phi) is 2.15. The molecule has 14 heavy (non-hydrogen) atoms. The molecule has 1 aliphatic carbocycles. The molecule has 0 amide bonds. The maximum absolute atomic E-state index is 6.32. The molecular formula is C13H19N. The minimum atomic E-state index is 0.0633. The van der Waals surface area contributed by atoms with E-state index < -0.39 is 0 Å². The summed E-state index contributed by atoms with van der Waals surface area (Å²) in [7, 11) is 0. The first-order valence-corrected chi connectivity index (χ1v) is 5.39. The predicted octanol–water partition coefficient (Wildman–Crippen LogP) is 2.84. The van der Waals surface area contributed by atoms with E-state index in [2.05, 4.69) is 45.0 Å². The highest BCUT2D eigenvalue weighted by atomic mass is 14.9. The molecule has 0 heterocycles. The lowest BCUT2D eigenvalue weighted by molar-refractivity contribution is 0.464. The zero-order valence-electron chi connectivity index (χ0n) is 9.25. The van der Waals surface area contributed by atoms with Crippen molar-refractivity contribution in [2.24, 2.45) is 11.7 Å². The van der Waals surface area contributed by atoms with Crippen LogP contribution >= 0.6 is 0 Å². The first kappa shape index (κ1) is 9.72. The van der Waals surface area contributed by atoms with Crippen LogP contribution < -0.4 is 5.73 Å². The van der Waals surface area contributed by atoms with E-state index in [1.807, 2.05) is 0 Å². The first-order chi connectivity index (χ1) is 6.54. The number of hydrogen-bond acceptors (Lipinski definition) is 1. The van der Waals surface area contributed by atoms with Crippen molar-refractivity contribution < 1.29 is 0 Å². The lowest BCUT2D eigenvalue weighted by atomic mass is 9.96. The van der Waals surface area contributed by atoms with Gasteiger partial charge in [-0.15, -0.1) is 0 Å². The number of hydrogen-bond donors (Lipinski definition) is 1. The molecule has 2 atom stereocenters. The Balaban J connectivity index is 2.21. The maximum Gasteiger partial charge on any atom is 0.0254 e. The third-order valence-electron chi connectivity index (χ3n) is 3.57. The summed E-state index contributed by atoms with van der Waals surface area (Å²) in [6.07, 6.45) is 1.15. The fraction of sp³-hybridized carbons (Fsp3) is 0.538. The van der Waals surface area contributed by atoms with Crippen molar-refractivity contribution >= 4 is 0 Å². The van der Waals surface area contributed by atoms with Crippen LogP contribution in [-0.2, 0) is 0 Å². The molecule has 0 radical (unpaired) electrons. The van der Waals surface area contributed by atoms with Gasteiger partial charge in [0.15, 0.2) is 0 Å². The largest absolute Gasteiger partial charge is 0.324 e. The third kappa shape index (κ3) is 1.46. The summed E-state index contributed by atoms with van der Waals surface area (Å²) in [4.78, 5) is 0. The Hall–Kier alpha value is -0.820. The molecule has 0 bridgehead atoms. The van der Waals surface area contributed by atoms with Gasteiger partial charge in [-0.1, -0.05) is 43.7 Å². The van der Waals surface area contributed by atoms with Crippen LogP contribution in [0.15, 0.2) is 24.3 Å². The molecule has 0 aromatic heterocycles. The molecule has 0 spiro atoms. The monoisotopic (exact) mass is 189 g/mol. The van der Waals surface area contributed by atoms with E-state index >= 15 is 0 Å². The average molecular weight is 189 g/mol. The Morgan fingerprint density at radius 1 is 1.43 bits per heavy atom. The molecule has 1 aromatic rings. The summed E-state index contributed by atoms with van der Waals surface area (Å²) in [5, 5.41) is 0. The molecule has 1 heteroatoms. The second kappa shape index (κ2) is 3.09. The van der Waals surface area contributed by atoms with Gasteiger partial charge in [0, 0.05) is 11.5 Å². The normalized spacial score (nSPS) is 30.8. The Bertz CT molecular complexity index is 343. The van der Waals surface area contributed by atoms with Crippen LogP contribution in [0.4, 0.5) is 0 Å². The molecule has 2 N–H and O–H groups in total. The van der Waals surface area contributed by atoms with Gasteiger partial charge in [-0.05, 0) is 24.8 Å². The van der Waals surface area contributed by atoms with Crippen LogP contribution in [0, 0.1) is 12.8 Å². The molecule has 0 saturated heterocycles. The highest BCUT2D eigenvalue weighted by Gasteiger charge is 2.53. The SMILES string of the molecule is Cc1cccc(C2CC2(N)C(C)C)c1. The molecular weight excluding hydrogens is 170 g/mol. The molecule has 1 aromatic carbocycles. The predicted molar refractivity (Wildman–Crippen MR) is 60.3 cm³/mol. The van der Waals surface area contributed by atoms with Gasteiger partial charge < -0.3 is 5.73 Å². The van der Waals surface area contributed by atoms with Crippen molar-refractivity contribution in [3.05, 3.63) is 35.4 Å². The van der Waals surface area contributed by atoms with Gasteiger partial charge in [-0.2, -0.15) is 0 Å². The van der Waals surface area contributed by atoms with Crippen LogP contribution in [0.1, 0.15) is 37.3 Å². The van der Waals surface area contributed by atoms with E-state index in [0.29, 0.717) is 11.8 Å². The van der Waals surface area contributed by atoms with Crippen LogP contribution in [0.3, 0.4) is 0 Å². The minimum absolute atomic E-state index is 0.0633. The standard InChI is InChI=1S/C13H19N/c1-9(2)13(14)8-12(13)11-6-4-5-10(3)7-11/h4-7,9,12H,8,14H2,1-3H3. The van der Waals surface area contributed by atoms with Gasteiger partial charge in [0.25, 0.3) is 0 Å². The van der Waals surface area contributed by atoms with Crippen LogP contribution in [0.25, 0.3) is 0 Å². The van der Waals surface area contributed by atoms with Crippen molar-refractivity contribution in [3.63, 3.8) is 0 Å². The van der Waals surface area contributed by atoms with Crippen LogP contribution in [0.5, 0.6) is 0 Å². The molecule has 1 aliphatic rings. The molecule has 1 saturated carbocycles. The van der Waals surface area contributed by atoms with Crippen molar-refractivity contribution in [1.82, 2.24) is 0 Å². The highest BCUT2D eigenvalue weighted by molar-refractivity contribution is 5.35. The minimum Gasteiger partial charge on any atom is -0.324 e. The summed E-state index contributed by atoms with van der Waals surface area (Å²) in [6.45, 7) is 6.57. The van der Waals surface area contributed by atoms with Gasteiger partial charge in [-0.3, -0.25) is 0 Å². The Morgan fingerprint density at radius 3 is 2.64 bits per heavy atom. The first-order valence-electron chi connectivity index (χ1n) is 5.39. The van der Waals surface area contributed by atoms with Gasteiger partial charge in [0.1, 0.15) is 0 Å². The van der Waals surface area contributed by atoms with E-state index in [4.69, 9.17) is 5.73 Å². The smallest absolute Gasteiger partial charge is 0.0254 e. The van der Waals surface area contributed by atoms with E-state index in [-0.39, 0.29) is 5.54 Å². The molecule has 76 valence electrons. The van der Waals surface area contributed by atoms with Gasteiger partial charge in [-0.25, -0.2) is 0 Å². The fourth-order valence-corrected chi connectivity index (χ4v) is 2.25. The van der Waals surface area contributed by atoms with E-state index in [1.165, 1.54) is 11.1 Å². The summed E-state index contributed by atoms with van der Waals surface area (Å²) in [5.41, 5.74) is 9.13. The molecule has 0 aliphatic heterocycles. The Morgan fingerprint density at radius 2 is 2.14 bits per heavy atom. The van der Waals surface area contributed by atoms with Crippen molar-refractivity contribution in [1.29, 1.82) is 0 Å².